The molecule has 0 aromatic heterocycles. The summed E-state index contributed by atoms with van der Waals surface area (Å²) in [6, 6.07) is 5.33. The van der Waals surface area contributed by atoms with E-state index in [1.807, 2.05) is 0 Å². The topological polar surface area (TPSA) is 66.4 Å². The lowest BCUT2D eigenvalue weighted by atomic mass is 9.99. The Labute approximate surface area is 137 Å². The summed E-state index contributed by atoms with van der Waals surface area (Å²) >= 11 is 3.38. The first-order chi connectivity index (χ1) is 10.2. The van der Waals surface area contributed by atoms with E-state index in [9.17, 15) is 14.7 Å². The maximum atomic E-state index is 12.8. The first-order valence-corrected chi connectivity index (χ1v) is 7.75. The van der Waals surface area contributed by atoms with Crippen LogP contribution in [0.5, 0.6) is 0 Å². The number of halogens is 1. The van der Waals surface area contributed by atoms with Gasteiger partial charge in [-0.3, -0.25) is 0 Å². The van der Waals surface area contributed by atoms with Crippen molar-refractivity contribution in [1.29, 1.82) is 0 Å². The predicted octanol–water partition coefficient (Wildman–Crippen LogP) is 2.82. The number of quaternary nitrogens is 1. The van der Waals surface area contributed by atoms with Crippen LogP contribution in [0, 0.1) is 0 Å². The third-order valence-corrected chi connectivity index (χ3v) is 4.26. The lowest BCUT2D eigenvalue weighted by molar-refractivity contribution is -0.301. The van der Waals surface area contributed by atoms with Gasteiger partial charge < -0.3 is 14.6 Å². The normalized spacial score (nSPS) is 20.3. The van der Waals surface area contributed by atoms with E-state index in [0.29, 0.717) is 11.3 Å². The van der Waals surface area contributed by atoms with Gasteiger partial charge in [0.05, 0.1) is 6.61 Å². The van der Waals surface area contributed by atoms with E-state index in [1.165, 1.54) is 6.08 Å². The zero-order chi connectivity index (χ0) is 16.7. The summed E-state index contributed by atoms with van der Waals surface area (Å²) in [4.78, 5) is 24.5. The monoisotopic (exact) mass is 367 g/mol. The number of nitrogens with zero attached hydrogens (tertiary/aromatic N) is 1. The quantitative estimate of drug-likeness (QED) is 0.753. The van der Waals surface area contributed by atoms with Crippen molar-refractivity contribution < 1.29 is 19.4 Å². The second-order valence-corrected chi connectivity index (χ2v) is 6.98. The van der Waals surface area contributed by atoms with Crippen LogP contribution >= 0.6 is 15.9 Å². The van der Waals surface area contributed by atoms with E-state index in [-0.39, 0.29) is 12.3 Å². The van der Waals surface area contributed by atoms with Crippen molar-refractivity contribution in [2.24, 2.45) is 0 Å². The van der Waals surface area contributed by atoms with Crippen LogP contribution in [0.2, 0.25) is 0 Å². The molecule has 1 atom stereocenters. The summed E-state index contributed by atoms with van der Waals surface area (Å²) in [5.74, 6) is -1.38. The molecule has 0 bridgehead atoms. The van der Waals surface area contributed by atoms with Crippen LogP contribution in [0.1, 0.15) is 33.3 Å². The van der Waals surface area contributed by atoms with Crippen LogP contribution in [0.4, 0.5) is 10.5 Å². The number of ether oxygens (including phenoxy) is 1. The maximum Gasteiger partial charge on any atom is 0.526 e. The number of rotatable bonds is 2. The molecule has 1 aromatic rings. The molecular formula is C16H18BrNO4. The molecule has 1 aliphatic rings. The Morgan fingerprint density at radius 1 is 1.32 bits per heavy atom. The van der Waals surface area contributed by atoms with Crippen LogP contribution in [0.15, 0.2) is 28.4 Å². The molecule has 2 rings (SSSR count). The Morgan fingerprint density at radius 3 is 2.45 bits per heavy atom. The van der Waals surface area contributed by atoms with Gasteiger partial charge in [-0.1, -0.05) is 15.9 Å². The summed E-state index contributed by atoms with van der Waals surface area (Å²) in [7, 11) is 0. The van der Waals surface area contributed by atoms with Crippen LogP contribution in [-0.4, -0.2) is 24.2 Å². The molecule has 0 saturated carbocycles. The van der Waals surface area contributed by atoms with E-state index in [0.717, 1.165) is 4.47 Å². The molecule has 6 heteroatoms. The second-order valence-electron chi connectivity index (χ2n) is 6.06. The molecular weight excluding hydrogens is 350 g/mol. The molecule has 0 fully saturated rings. The second kappa shape index (κ2) is 5.52. The first-order valence-electron chi connectivity index (χ1n) is 6.96. The third kappa shape index (κ3) is 2.27. The Morgan fingerprint density at radius 2 is 1.95 bits per heavy atom. The lowest BCUT2D eigenvalue weighted by Crippen LogP contribution is -2.66. The fourth-order valence-corrected chi connectivity index (χ4v) is 3.26. The minimum atomic E-state index is -1.38. The maximum absolute atomic E-state index is 12.8. The van der Waals surface area contributed by atoms with Crippen molar-refractivity contribution in [3.63, 3.8) is 0 Å². The highest BCUT2D eigenvalue weighted by Crippen LogP contribution is 2.48. The number of carboxylic acid groups (broad SMARTS) is 1. The van der Waals surface area contributed by atoms with Crippen LogP contribution < -0.4 is 9.59 Å². The van der Waals surface area contributed by atoms with Gasteiger partial charge in [0.15, 0.2) is 11.4 Å². The Balaban J connectivity index is 2.84. The lowest BCUT2D eigenvalue weighted by Gasteiger charge is -2.43. The van der Waals surface area contributed by atoms with E-state index >= 15 is 0 Å². The molecule has 0 saturated heterocycles. The van der Waals surface area contributed by atoms with E-state index < -0.39 is 22.1 Å². The summed E-state index contributed by atoms with van der Waals surface area (Å²) in [5.41, 5.74) is 0.369. The number of carboxylic acids is 1. The molecule has 118 valence electrons. The number of benzene rings is 1. The van der Waals surface area contributed by atoms with Gasteiger partial charge in [-0.15, -0.1) is 0 Å². The number of hydrogen-bond donors (Lipinski definition) is 0. The summed E-state index contributed by atoms with van der Waals surface area (Å²) in [5, 5.41) is 11.7. The molecule has 0 aliphatic carbocycles. The average Bonchev–Trinajstić information content (AvgIpc) is 2.73. The SMILES string of the molecule is CCOC(=O)[N+]1(C(C)(C)C)C(C(=O)[O-])=Cc2ccc(Br)cc21. The first kappa shape index (κ1) is 16.7. The molecule has 22 heavy (non-hydrogen) atoms. The number of carbonyl (C=O) groups is 2. The van der Waals surface area contributed by atoms with Crippen molar-refractivity contribution in [2.45, 2.75) is 33.2 Å². The predicted molar refractivity (Wildman–Crippen MR) is 85.7 cm³/mol. The average molecular weight is 368 g/mol. The van der Waals surface area contributed by atoms with E-state index in [4.69, 9.17) is 4.74 Å². The molecule has 0 N–H and O–H groups in total. The molecule has 1 unspecified atom stereocenters. The zero-order valence-electron chi connectivity index (χ0n) is 13.0. The van der Waals surface area contributed by atoms with Gasteiger partial charge in [0.1, 0.15) is 11.5 Å². The highest BCUT2D eigenvalue weighted by atomic mass is 79.9. The Kier molecular flexibility index (Phi) is 4.19. The molecule has 5 nitrogen and oxygen atoms in total. The van der Waals surface area contributed by atoms with Gasteiger partial charge in [0, 0.05) is 22.2 Å². The van der Waals surface area contributed by atoms with Crippen molar-refractivity contribution >= 4 is 39.8 Å². The van der Waals surface area contributed by atoms with E-state index in [1.54, 1.807) is 45.9 Å². The minimum Gasteiger partial charge on any atom is -0.540 e. The van der Waals surface area contributed by atoms with Crippen LogP contribution in [0.3, 0.4) is 0 Å². The highest BCUT2D eigenvalue weighted by molar-refractivity contribution is 9.10. The largest absolute Gasteiger partial charge is 0.540 e. The van der Waals surface area contributed by atoms with Gasteiger partial charge >= 0.3 is 6.09 Å². The number of carbonyl (C=O) groups excluding carboxylic acids is 2. The zero-order valence-corrected chi connectivity index (χ0v) is 14.6. The number of fused-ring (bicyclic) bond motifs is 1. The molecule has 0 radical (unpaired) electrons. The number of hydrogen-bond acceptors (Lipinski definition) is 4. The highest BCUT2D eigenvalue weighted by Gasteiger charge is 2.58. The molecule has 1 aliphatic heterocycles. The van der Waals surface area contributed by atoms with Crippen LogP contribution in [0.25, 0.3) is 6.08 Å². The van der Waals surface area contributed by atoms with Gasteiger partial charge in [-0.25, -0.2) is 0 Å². The summed E-state index contributed by atoms with van der Waals surface area (Å²) in [6.07, 6.45) is 0.863. The summed E-state index contributed by atoms with van der Waals surface area (Å²) in [6.45, 7) is 7.26. The van der Waals surface area contributed by atoms with Crippen molar-refractivity contribution in [3.05, 3.63) is 33.9 Å². The fraction of sp³-hybridized carbons (Fsp3) is 0.375. The molecule has 0 spiro atoms. The van der Waals surface area contributed by atoms with Gasteiger partial charge in [-0.2, -0.15) is 9.28 Å². The number of amides is 1. The minimum absolute atomic E-state index is 0.112. The van der Waals surface area contributed by atoms with Crippen LogP contribution in [-0.2, 0) is 9.53 Å². The number of aliphatic carboxylic acids is 1. The van der Waals surface area contributed by atoms with Gasteiger partial charge in [-0.05, 0) is 39.8 Å². The fourth-order valence-electron chi connectivity index (χ4n) is 2.91. The van der Waals surface area contributed by atoms with Gasteiger partial charge in [0.2, 0.25) is 0 Å². The van der Waals surface area contributed by atoms with Crippen molar-refractivity contribution in [2.75, 3.05) is 6.61 Å². The van der Waals surface area contributed by atoms with Crippen molar-refractivity contribution in [3.8, 4) is 0 Å². The van der Waals surface area contributed by atoms with Crippen molar-refractivity contribution in [1.82, 2.24) is 4.48 Å². The van der Waals surface area contributed by atoms with E-state index in [2.05, 4.69) is 15.9 Å². The molecule has 1 aromatic carbocycles. The smallest absolute Gasteiger partial charge is 0.526 e. The summed E-state index contributed by atoms with van der Waals surface area (Å²) < 4.78 is 5.45. The Hall–Kier alpha value is -1.66. The Bertz CT molecular complexity index is 675. The molecule has 1 heterocycles. The third-order valence-electron chi connectivity index (χ3n) is 3.76. The van der Waals surface area contributed by atoms with Gasteiger partial charge in [0.25, 0.3) is 0 Å². The standard InChI is InChI=1S/C16H18BrNO4/c1-5-22-15(21)18(16(2,3)4)12-9-11(17)7-6-10(12)8-13(18)14(19)20/h6-9H,5H2,1-4H3. The molecule has 1 amide bonds.